The monoisotopic (exact) mass is 336 g/mol. The van der Waals surface area contributed by atoms with E-state index in [9.17, 15) is 5.11 Å². The summed E-state index contributed by atoms with van der Waals surface area (Å²) in [5.41, 5.74) is 6.45. The Balaban J connectivity index is 2.41. The number of hydrogen-bond acceptors (Lipinski definition) is 3. The summed E-state index contributed by atoms with van der Waals surface area (Å²) in [6.07, 6.45) is -0.469. The minimum Gasteiger partial charge on any atom is -0.390 e. The number of halogens is 2. The van der Waals surface area contributed by atoms with Crippen LogP contribution in [0.1, 0.15) is 5.56 Å². The molecule has 0 radical (unpaired) electrons. The summed E-state index contributed by atoms with van der Waals surface area (Å²) >= 11 is 6.84. The number of aliphatic hydroxyl groups excluding tert-OH is 1. The first-order valence-corrected chi connectivity index (χ1v) is 6.25. The molecule has 5 heteroatoms. The van der Waals surface area contributed by atoms with E-state index in [1.165, 1.54) is 0 Å². The molecule has 0 amide bonds. The van der Waals surface area contributed by atoms with Gasteiger partial charge in [-0.3, -0.25) is 0 Å². The molecule has 3 nitrogen and oxygen atoms in total. The van der Waals surface area contributed by atoms with E-state index in [2.05, 4.69) is 37.2 Å². The summed E-state index contributed by atoms with van der Waals surface area (Å²) in [6.45, 7) is 1.53. The zero-order chi connectivity index (χ0) is 11.3. The zero-order valence-electron chi connectivity index (χ0n) is 8.21. The van der Waals surface area contributed by atoms with Crippen molar-refractivity contribution in [3.8, 4) is 0 Å². The lowest BCUT2D eigenvalue weighted by Gasteiger charge is -2.09. The third-order valence-electron chi connectivity index (χ3n) is 1.97. The second kappa shape index (κ2) is 6.60. The smallest absolute Gasteiger partial charge is 0.0786 e. The normalized spacial score (nSPS) is 12.8. The van der Waals surface area contributed by atoms with Gasteiger partial charge in [0.1, 0.15) is 0 Å². The van der Waals surface area contributed by atoms with Gasteiger partial charge in [-0.25, -0.2) is 0 Å². The van der Waals surface area contributed by atoms with Crippen LogP contribution in [0.5, 0.6) is 0 Å². The molecule has 0 saturated carbocycles. The lowest BCUT2D eigenvalue weighted by Crippen LogP contribution is -2.32. The first kappa shape index (κ1) is 13.1. The Morgan fingerprint density at radius 1 is 1.33 bits per heavy atom. The molecule has 84 valence electrons. The Bertz CT molecular complexity index is 320. The van der Waals surface area contributed by atoms with Crippen molar-refractivity contribution in [3.05, 3.63) is 32.7 Å². The fourth-order valence-corrected chi connectivity index (χ4v) is 1.79. The van der Waals surface area contributed by atoms with Crippen molar-refractivity contribution < 1.29 is 5.11 Å². The molecule has 0 aliphatic rings. The van der Waals surface area contributed by atoms with Crippen LogP contribution in [-0.2, 0) is 6.54 Å². The van der Waals surface area contributed by atoms with Crippen molar-refractivity contribution in [2.24, 2.45) is 5.73 Å². The molecule has 1 aromatic carbocycles. The van der Waals surface area contributed by atoms with E-state index in [1.807, 2.05) is 18.2 Å². The van der Waals surface area contributed by atoms with Gasteiger partial charge in [-0.05, 0) is 49.6 Å². The summed E-state index contributed by atoms with van der Waals surface area (Å²) in [4.78, 5) is 0. The van der Waals surface area contributed by atoms with Crippen molar-refractivity contribution in [2.45, 2.75) is 12.6 Å². The molecular weight excluding hydrogens is 324 g/mol. The van der Waals surface area contributed by atoms with Gasteiger partial charge in [0.25, 0.3) is 0 Å². The van der Waals surface area contributed by atoms with Gasteiger partial charge in [0, 0.05) is 28.6 Å². The molecule has 0 aromatic heterocycles. The van der Waals surface area contributed by atoms with Crippen LogP contribution in [0.4, 0.5) is 0 Å². The minimum absolute atomic E-state index is 0.289. The quantitative estimate of drug-likeness (QED) is 0.765. The first-order valence-electron chi connectivity index (χ1n) is 4.66. The third kappa shape index (κ3) is 4.61. The molecule has 4 N–H and O–H groups in total. The van der Waals surface area contributed by atoms with Crippen molar-refractivity contribution in [3.63, 3.8) is 0 Å². The predicted octanol–water partition coefficient (Wildman–Crippen LogP) is 1.62. The topological polar surface area (TPSA) is 58.3 Å². The van der Waals surface area contributed by atoms with Gasteiger partial charge >= 0.3 is 0 Å². The Morgan fingerprint density at radius 3 is 2.67 bits per heavy atom. The van der Waals surface area contributed by atoms with Crippen molar-refractivity contribution in [1.82, 2.24) is 5.32 Å². The van der Waals surface area contributed by atoms with Crippen LogP contribution in [0.3, 0.4) is 0 Å². The molecule has 1 atom stereocenters. The van der Waals surface area contributed by atoms with Gasteiger partial charge in [0.2, 0.25) is 0 Å². The standard InChI is InChI=1S/C10H14Br2N2O/c11-9-2-1-7(3-10(9)12)5-14-6-8(15)4-13/h1-3,8,14-15H,4-6,13H2/t8-/m0/s1. The summed E-state index contributed by atoms with van der Waals surface area (Å²) in [6, 6.07) is 6.04. The van der Waals surface area contributed by atoms with Crippen LogP contribution < -0.4 is 11.1 Å². The summed E-state index contributed by atoms with van der Waals surface area (Å²) in [7, 11) is 0. The van der Waals surface area contributed by atoms with Crippen LogP contribution in [0.25, 0.3) is 0 Å². The Labute approximate surface area is 106 Å². The van der Waals surface area contributed by atoms with E-state index in [-0.39, 0.29) is 6.54 Å². The van der Waals surface area contributed by atoms with Crippen molar-refractivity contribution in [2.75, 3.05) is 13.1 Å². The molecule has 0 aliphatic carbocycles. The largest absolute Gasteiger partial charge is 0.390 e. The first-order chi connectivity index (χ1) is 7.13. The molecule has 1 rings (SSSR count). The Morgan fingerprint density at radius 2 is 2.07 bits per heavy atom. The van der Waals surface area contributed by atoms with E-state index in [0.29, 0.717) is 6.54 Å². The number of benzene rings is 1. The highest BCUT2D eigenvalue weighted by Crippen LogP contribution is 2.23. The molecule has 0 unspecified atom stereocenters. The van der Waals surface area contributed by atoms with Crippen LogP contribution in [0.15, 0.2) is 27.1 Å². The minimum atomic E-state index is -0.469. The number of rotatable bonds is 5. The average molecular weight is 338 g/mol. The second-order valence-corrected chi connectivity index (χ2v) is 4.98. The molecule has 0 bridgehead atoms. The van der Waals surface area contributed by atoms with Gasteiger partial charge in [0.15, 0.2) is 0 Å². The van der Waals surface area contributed by atoms with Gasteiger partial charge < -0.3 is 16.2 Å². The van der Waals surface area contributed by atoms with Crippen molar-refractivity contribution >= 4 is 31.9 Å². The van der Waals surface area contributed by atoms with E-state index in [4.69, 9.17) is 5.73 Å². The van der Waals surface area contributed by atoms with E-state index < -0.39 is 6.10 Å². The van der Waals surface area contributed by atoms with E-state index >= 15 is 0 Å². The van der Waals surface area contributed by atoms with Crippen LogP contribution >= 0.6 is 31.9 Å². The molecule has 0 aliphatic heterocycles. The highest BCUT2D eigenvalue weighted by Gasteiger charge is 2.01. The predicted molar refractivity (Wildman–Crippen MR) is 68.6 cm³/mol. The summed E-state index contributed by atoms with van der Waals surface area (Å²) in [5.74, 6) is 0. The number of nitrogens with one attached hydrogen (secondary N) is 1. The molecule has 0 spiro atoms. The van der Waals surface area contributed by atoms with E-state index in [0.717, 1.165) is 21.1 Å². The zero-order valence-corrected chi connectivity index (χ0v) is 11.4. The maximum Gasteiger partial charge on any atom is 0.0786 e. The highest BCUT2D eigenvalue weighted by molar-refractivity contribution is 9.13. The summed E-state index contributed by atoms with van der Waals surface area (Å²) < 4.78 is 2.06. The number of nitrogens with two attached hydrogens (primary N) is 1. The second-order valence-electron chi connectivity index (χ2n) is 3.27. The van der Waals surface area contributed by atoms with Gasteiger partial charge in [-0.2, -0.15) is 0 Å². The lowest BCUT2D eigenvalue weighted by atomic mass is 10.2. The maximum atomic E-state index is 9.23. The molecule has 1 aromatic rings. The van der Waals surface area contributed by atoms with Gasteiger partial charge in [0.05, 0.1) is 6.10 Å². The Hall–Kier alpha value is 0.0600. The molecule has 0 heterocycles. The summed E-state index contributed by atoms with van der Waals surface area (Å²) in [5, 5.41) is 12.4. The lowest BCUT2D eigenvalue weighted by molar-refractivity contribution is 0.179. The average Bonchev–Trinajstić information content (AvgIpc) is 2.23. The molecule has 0 saturated heterocycles. The third-order valence-corrected chi connectivity index (χ3v) is 3.84. The van der Waals surface area contributed by atoms with Crippen LogP contribution in [0, 0.1) is 0 Å². The fourth-order valence-electron chi connectivity index (χ4n) is 1.12. The van der Waals surface area contributed by atoms with Crippen LogP contribution in [0.2, 0.25) is 0 Å². The number of hydrogen-bond donors (Lipinski definition) is 3. The highest BCUT2D eigenvalue weighted by atomic mass is 79.9. The van der Waals surface area contributed by atoms with Crippen LogP contribution in [-0.4, -0.2) is 24.3 Å². The molecular formula is C10H14Br2N2O. The fraction of sp³-hybridized carbons (Fsp3) is 0.400. The number of aliphatic hydroxyl groups is 1. The van der Waals surface area contributed by atoms with E-state index in [1.54, 1.807) is 0 Å². The molecule has 15 heavy (non-hydrogen) atoms. The van der Waals surface area contributed by atoms with Crippen molar-refractivity contribution in [1.29, 1.82) is 0 Å². The van der Waals surface area contributed by atoms with Gasteiger partial charge in [-0.15, -0.1) is 0 Å². The SMILES string of the molecule is NC[C@H](O)CNCc1ccc(Br)c(Br)c1. The molecule has 0 fully saturated rings. The van der Waals surface area contributed by atoms with Gasteiger partial charge in [-0.1, -0.05) is 6.07 Å². The Kier molecular flexibility index (Phi) is 5.78. The maximum absolute atomic E-state index is 9.23.